The topological polar surface area (TPSA) is 105 Å². The molecule has 1 fully saturated rings. The van der Waals surface area contributed by atoms with Crippen LogP contribution in [0.3, 0.4) is 0 Å². The third-order valence-electron chi connectivity index (χ3n) is 2.57. The molecule has 1 aromatic rings. The Labute approximate surface area is 109 Å². The van der Waals surface area contributed by atoms with Crippen LogP contribution >= 0.6 is 22.6 Å². The highest BCUT2D eigenvalue weighted by atomic mass is 127. The molecule has 8 heteroatoms. The number of hydrogen-bond acceptors (Lipinski definition) is 5. The molecule has 0 saturated carbocycles. The molecule has 0 radical (unpaired) electrons. The number of aromatic amines is 1. The Morgan fingerprint density at radius 2 is 2.29 bits per heavy atom. The minimum absolute atomic E-state index is 0.191. The lowest BCUT2D eigenvalue weighted by atomic mass is 10.2. The second-order valence-corrected chi connectivity index (χ2v) is 5.02. The standard InChI is InChI=1S/C9H11IN2O5/c10-8(15)7-4(13)3-6(17-7)12-2-1-5(14)11-9(12)16/h1-2,4,6-8,13,15H,3H2,(H,11,14,16)/t4-,6+,7-,8?/m0/s1. The molecule has 2 rings (SSSR count). The number of aliphatic hydroxyl groups is 2. The fourth-order valence-corrected chi connectivity index (χ4v) is 2.40. The molecule has 0 spiro atoms. The average molecular weight is 354 g/mol. The van der Waals surface area contributed by atoms with Crippen LogP contribution in [-0.2, 0) is 4.74 Å². The fourth-order valence-electron chi connectivity index (χ4n) is 1.75. The van der Waals surface area contributed by atoms with Crippen LogP contribution in [0.25, 0.3) is 0 Å². The summed E-state index contributed by atoms with van der Waals surface area (Å²) < 4.78 is 5.70. The largest absolute Gasteiger partial charge is 0.390 e. The van der Waals surface area contributed by atoms with Gasteiger partial charge in [-0.3, -0.25) is 14.3 Å². The molecule has 7 nitrogen and oxygen atoms in total. The molecule has 3 N–H and O–H groups in total. The second-order valence-electron chi connectivity index (χ2n) is 3.75. The molecule has 0 bridgehead atoms. The van der Waals surface area contributed by atoms with Crippen LogP contribution < -0.4 is 11.2 Å². The lowest BCUT2D eigenvalue weighted by Crippen LogP contribution is -2.32. The zero-order valence-electron chi connectivity index (χ0n) is 8.62. The van der Waals surface area contributed by atoms with Gasteiger partial charge in [0.1, 0.15) is 16.4 Å². The molecule has 0 aromatic carbocycles. The highest BCUT2D eigenvalue weighted by Crippen LogP contribution is 2.30. The second kappa shape index (κ2) is 4.88. The smallest absolute Gasteiger partial charge is 0.330 e. The number of alkyl halides is 1. The van der Waals surface area contributed by atoms with E-state index >= 15 is 0 Å². The van der Waals surface area contributed by atoms with Gasteiger partial charge in [0, 0.05) is 18.7 Å². The van der Waals surface area contributed by atoms with Gasteiger partial charge >= 0.3 is 5.69 Å². The van der Waals surface area contributed by atoms with Gasteiger partial charge in [-0.15, -0.1) is 0 Å². The van der Waals surface area contributed by atoms with E-state index in [0.29, 0.717) is 0 Å². The Morgan fingerprint density at radius 1 is 1.59 bits per heavy atom. The maximum atomic E-state index is 11.5. The summed E-state index contributed by atoms with van der Waals surface area (Å²) in [6, 6.07) is 1.20. The molecule has 4 atom stereocenters. The van der Waals surface area contributed by atoms with Crippen molar-refractivity contribution >= 4 is 22.6 Å². The van der Waals surface area contributed by atoms with Crippen LogP contribution in [0.5, 0.6) is 0 Å². The first-order chi connectivity index (χ1) is 7.99. The minimum Gasteiger partial charge on any atom is -0.390 e. The summed E-state index contributed by atoms with van der Waals surface area (Å²) in [6.07, 6.45) is -0.758. The first-order valence-electron chi connectivity index (χ1n) is 4.96. The molecule has 1 unspecified atom stereocenters. The number of rotatable bonds is 2. The van der Waals surface area contributed by atoms with E-state index in [2.05, 4.69) is 4.98 Å². The van der Waals surface area contributed by atoms with Crippen LogP contribution in [0.15, 0.2) is 21.9 Å². The summed E-state index contributed by atoms with van der Waals surface area (Å²) in [4.78, 5) is 24.5. The number of H-pyrrole nitrogens is 1. The molecule has 1 aromatic heterocycles. The quantitative estimate of drug-likeness (QED) is 0.464. The Kier molecular flexibility index (Phi) is 3.66. The average Bonchev–Trinajstić information content (AvgIpc) is 2.60. The van der Waals surface area contributed by atoms with Crippen LogP contribution in [0, 0.1) is 0 Å². The Bertz CT molecular complexity index is 511. The molecule has 0 aliphatic carbocycles. The maximum Gasteiger partial charge on any atom is 0.330 e. The molecule has 94 valence electrons. The molecule has 0 amide bonds. The molecule has 17 heavy (non-hydrogen) atoms. The minimum atomic E-state index is -0.855. The third kappa shape index (κ3) is 2.59. The monoisotopic (exact) mass is 354 g/mol. The van der Waals surface area contributed by atoms with Crippen molar-refractivity contribution in [3.63, 3.8) is 0 Å². The normalized spacial score (nSPS) is 30.4. The van der Waals surface area contributed by atoms with Gasteiger partial charge in [0.25, 0.3) is 5.56 Å². The zero-order valence-corrected chi connectivity index (χ0v) is 10.8. The molecular formula is C9H11IN2O5. The predicted octanol–water partition coefficient (Wildman–Crippen LogP) is -1.06. The van der Waals surface area contributed by atoms with Crippen molar-refractivity contribution in [2.24, 2.45) is 0 Å². The van der Waals surface area contributed by atoms with E-state index in [1.165, 1.54) is 16.8 Å². The van der Waals surface area contributed by atoms with Gasteiger partial charge in [-0.2, -0.15) is 0 Å². The first kappa shape index (κ1) is 12.7. The van der Waals surface area contributed by atoms with Crippen LogP contribution in [-0.4, -0.2) is 36.1 Å². The van der Waals surface area contributed by atoms with E-state index in [-0.39, 0.29) is 6.42 Å². The van der Waals surface area contributed by atoms with Crippen molar-refractivity contribution in [1.29, 1.82) is 0 Å². The molecule has 2 heterocycles. The highest BCUT2D eigenvalue weighted by molar-refractivity contribution is 14.1. The number of aromatic nitrogens is 2. The van der Waals surface area contributed by atoms with E-state index in [4.69, 9.17) is 4.74 Å². The maximum absolute atomic E-state index is 11.5. The Balaban J connectivity index is 2.26. The van der Waals surface area contributed by atoms with E-state index in [1.807, 2.05) is 0 Å². The number of halogens is 1. The molecule has 1 aliphatic rings. The van der Waals surface area contributed by atoms with Crippen molar-refractivity contribution in [2.75, 3.05) is 0 Å². The molecule has 1 saturated heterocycles. The summed E-state index contributed by atoms with van der Waals surface area (Å²) in [5, 5.41) is 19.0. The summed E-state index contributed by atoms with van der Waals surface area (Å²) in [5.41, 5.74) is -1.09. The number of aliphatic hydroxyl groups excluding tert-OH is 2. The van der Waals surface area contributed by atoms with Crippen molar-refractivity contribution in [2.45, 2.75) is 29.0 Å². The van der Waals surface area contributed by atoms with E-state index in [9.17, 15) is 19.8 Å². The van der Waals surface area contributed by atoms with Crippen molar-refractivity contribution in [3.8, 4) is 0 Å². The number of nitrogens with one attached hydrogen (secondary N) is 1. The fraction of sp³-hybridized carbons (Fsp3) is 0.556. The van der Waals surface area contributed by atoms with Crippen LogP contribution in [0.4, 0.5) is 0 Å². The van der Waals surface area contributed by atoms with Crippen LogP contribution in [0.2, 0.25) is 0 Å². The van der Waals surface area contributed by atoms with Gasteiger partial charge in [-0.05, 0) is 22.6 Å². The van der Waals surface area contributed by atoms with Crippen molar-refractivity contribution < 1.29 is 14.9 Å². The molecular weight excluding hydrogens is 343 g/mol. The van der Waals surface area contributed by atoms with E-state index < -0.39 is 33.8 Å². The summed E-state index contributed by atoms with van der Waals surface area (Å²) in [7, 11) is 0. The SMILES string of the molecule is O=c1ccn([C@H]2C[C@H](O)[C@@H](C(O)I)O2)c(=O)[nH]1. The Morgan fingerprint density at radius 3 is 2.82 bits per heavy atom. The summed E-state index contributed by atoms with van der Waals surface area (Å²) in [6.45, 7) is 0. The van der Waals surface area contributed by atoms with Gasteiger partial charge in [-0.25, -0.2) is 4.79 Å². The lowest BCUT2D eigenvalue weighted by Gasteiger charge is -2.16. The van der Waals surface area contributed by atoms with Crippen molar-refractivity contribution in [1.82, 2.24) is 9.55 Å². The zero-order chi connectivity index (χ0) is 12.6. The number of hydrogen-bond donors (Lipinski definition) is 3. The summed E-state index contributed by atoms with van der Waals surface area (Å²) >= 11 is 1.73. The van der Waals surface area contributed by atoms with E-state index in [1.54, 1.807) is 22.6 Å². The predicted molar refractivity (Wildman–Crippen MR) is 65.9 cm³/mol. The van der Waals surface area contributed by atoms with Gasteiger partial charge < -0.3 is 14.9 Å². The first-order valence-corrected chi connectivity index (χ1v) is 6.21. The lowest BCUT2D eigenvalue weighted by molar-refractivity contribution is -0.0517. The number of ether oxygens (including phenoxy) is 1. The Hall–Kier alpha value is -0.710. The summed E-state index contributed by atoms with van der Waals surface area (Å²) in [5.74, 6) is 0. The number of nitrogens with zero attached hydrogens (tertiary/aromatic N) is 1. The van der Waals surface area contributed by atoms with Crippen LogP contribution in [0.1, 0.15) is 12.6 Å². The van der Waals surface area contributed by atoms with Gasteiger partial charge in [0.15, 0.2) is 0 Å². The highest BCUT2D eigenvalue weighted by Gasteiger charge is 2.38. The third-order valence-corrected chi connectivity index (χ3v) is 3.28. The van der Waals surface area contributed by atoms with Gasteiger partial charge in [-0.1, -0.05) is 0 Å². The van der Waals surface area contributed by atoms with Gasteiger partial charge in [0.2, 0.25) is 0 Å². The molecule has 1 aliphatic heterocycles. The van der Waals surface area contributed by atoms with Gasteiger partial charge in [0.05, 0.1) is 6.10 Å². The van der Waals surface area contributed by atoms with E-state index in [0.717, 1.165) is 0 Å². The van der Waals surface area contributed by atoms with Crippen molar-refractivity contribution in [3.05, 3.63) is 33.1 Å².